The molecule has 0 atom stereocenters. The average Bonchev–Trinajstić information content (AvgIpc) is 2.70. The maximum Gasteiger partial charge on any atom is 0.244 e. The van der Waals surface area contributed by atoms with E-state index in [4.69, 9.17) is 4.74 Å². The van der Waals surface area contributed by atoms with Gasteiger partial charge in [-0.15, -0.1) is 0 Å². The van der Waals surface area contributed by atoms with Gasteiger partial charge in [-0.1, -0.05) is 18.2 Å². The Morgan fingerprint density at radius 1 is 1.29 bits per heavy atom. The highest BCUT2D eigenvalue weighted by Crippen LogP contribution is 2.21. The molecule has 0 bridgehead atoms. The van der Waals surface area contributed by atoms with E-state index in [1.807, 2.05) is 18.2 Å². The molecule has 1 aromatic carbocycles. The molecule has 0 radical (unpaired) electrons. The first-order chi connectivity index (χ1) is 9.86. The highest BCUT2D eigenvalue weighted by molar-refractivity contribution is 7.89. The zero-order valence-electron chi connectivity index (χ0n) is 12.5. The van der Waals surface area contributed by atoms with Crippen molar-refractivity contribution in [3.05, 3.63) is 41.2 Å². The molecule has 0 aliphatic rings. The first-order valence-corrected chi connectivity index (χ1v) is 7.97. The number of rotatable bonds is 5. The van der Waals surface area contributed by atoms with E-state index < -0.39 is 10.0 Å². The largest absolute Gasteiger partial charge is 0.496 e. The number of sulfonamides is 1. The fraction of sp³-hybridized carbons (Fsp3) is 0.357. The number of nitrogens with zero attached hydrogens (tertiary/aromatic N) is 2. The van der Waals surface area contributed by atoms with E-state index in [9.17, 15) is 8.42 Å². The number of ether oxygens (including phenoxy) is 1. The summed E-state index contributed by atoms with van der Waals surface area (Å²) in [6.07, 6.45) is 0. The number of hydrogen-bond donors (Lipinski definition) is 1. The molecule has 7 heteroatoms. The lowest BCUT2D eigenvalue weighted by atomic mass is 10.2. The molecule has 1 N–H and O–H groups in total. The fourth-order valence-corrected chi connectivity index (χ4v) is 3.68. The summed E-state index contributed by atoms with van der Waals surface area (Å²) >= 11 is 0. The predicted molar refractivity (Wildman–Crippen MR) is 79.7 cm³/mol. The van der Waals surface area contributed by atoms with Crippen molar-refractivity contribution in [2.75, 3.05) is 7.11 Å². The van der Waals surface area contributed by atoms with Crippen LogP contribution in [0.2, 0.25) is 0 Å². The van der Waals surface area contributed by atoms with E-state index in [0.29, 0.717) is 17.1 Å². The van der Waals surface area contributed by atoms with Crippen LogP contribution >= 0.6 is 0 Å². The second kappa shape index (κ2) is 5.87. The molecular weight excluding hydrogens is 290 g/mol. The van der Waals surface area contributed by atoms with Crippen molar-refractivity contribution in [3.8, 4) is 5.75 Å². The van der Waals surface area contributed by atoms with Gasteiger partial charge in [-0.2, -0.15) is 5.10 Å². The minimum atomic E-state index is -3.61. The predicted octanol–water partition coefficient (Wildman–Crippen LogP) is 1.52. The summed E-state index contributed by atoms with van der Waals surface area (Å²) in [5.74, 6) is 0.653. The van der Waals surface area contributed by atoms with Gasteiger partial charge in [0.15, 0.2) is 0 Å². The molecule has 2 aromatic rings. The van der Waals surface area contributed by atoms with Gasteiger partial charge in [0.2, 0.25) is 10.0 Å². The lowest BCUT2D eigenvalue weighted by molar-refractivity contribution is 0.409. The van der Waals surface area contributed by atoms with Crippen LogP contribution in [0, 0.1) is 13.8 Å². The number of benzene rings is 1. The van der Waals surface area contributed by atoms with Gasteiger partial charge in [0.1, 0.15) is 10.6 Å². The third-order valence-electron chi connectivity index (χ3n) is 3.36. The highest BCUT2D eigenvalue weighted by Gasteiger charge is 2.23. The maximum absolute atomic E-state index is 12.5. The number of aromatic nitrogens is 2. The Balaban J connectivity index is 2.26. The van der Waals surface area contributed by atoms with Crippen LogP contribution in [0.3, 0.4) is 0 Å². The number of para-hydroxylation sites is 1. The molecule has 0 aliphatic carbocycles. The molecule has 1 aromatic heterocycles. The van der Waals surface area contributed by atoms with Gasteiger partial charge in [0, 0.05) is 19.2 Å². The van der Waals surface area contributed by atoms with Crippen molar-refractivity contribution in [1.29, 1.82) is 0 Å². The standard InChI is InChI=1S/C14H19N3O3S/c1-10-14(11(2)17(3)16-10)21(18,19)15-9-12-7-5-6-8-13(12)20-4/h5-8,15H,9H2,1-4H3. The number of aryl methyl sites for hydroxylation is 2. The van der Waals surface area contributed by atoms with E-state index in [1.165, 1.54) is 0 Å². The summed E-state index contributed by atoms with van der Waals surface area (Å²) in [5, 5.41) is 4.14. The lowest BCUT2D eigenvalue weighted by Crippen LogP contribution is -2.24. The van der Waals surface area contributed by atoms with Gasteiger partial charge in [0.25, 0.3) is 0 Å². The topological polar surface area (TPSA) is 73.2 Å². The first-order valence-electron chi connectivity index (χ1n) is 6.48. The van der Waals surface area contributed by atoms with E-state index in [-0.39, 0.29) is 11.4 Å². The van der Waals surface area contributed by atoms with Crippen molar-refractivity contribution >= 4 is 10.0 Å². The molecule has 2 rings (SSSR count). The molecule has 0 amide bonds. The second-order valence-corrected chi connectivity index (χ2v) is 6.46. The molecule has 6 nitrogen and oxygen atoms in total. The highest BCUT2D eigenvalue weighted by atomic mass is 32.2. The zero-order valence-corrected chi connectivity index (χ0v) is 13.4. The van der Waals surface area contributed by atoms with Crippen molar-refractivity contribution < 1.29 is 13.2 Å². The van der Waals surface area contributed by atoms with Crippen molar-refractivity contribution in [2.45, 2.75) is 25.3 Å². The Bertz CT molecular complexity index is 751. The quantitative estimate of drug-likeness (QED) is 0.909. The third-order valence-corrected chi connectivity index (χ3v) is 5.01. The minimum absolute atomic E-state index is 0.167. The SMILES string of the molecule is COc1ccccc1CNS(=O)(=O)c1c(C)nn(C)c1C. The molecule has 1 heterocycles. The van der Waals surface area contributed by atoms with Crippen molar-refractivity contribution in [2.24, 2.45) is 7.05 Å². The molecule has 0 spiro atoms. The molecule has 0 unspecified atom stereocenters. The van der Waals surface area contributed by atoms with E-state index >= 15 is 0 Å². The Morgan fingerprint density at radius 3 is 2.52 bits per heavy atom. The molecule has 0 aliphatic heterocycles. The first kappa shape index (κ1) is 15.5. The van der Waals surface area contributed by atoms with Crippen molar-refractivity contribution in [1.82, 2.24) is 14.5 Å². The number of hydrogen-bond acceptors (Lipinski definition) is 4. The van der Waals surface area contributed by atoms with Gasteiger partial charge < -0.3 is 4.74 Å². The number of methoxy groups -OCH3 is 1. The van der Waals surface area contributed by atoms with E-state index in [2.05, 4.69) is 9.82 Å². The minimum Gasteiger partial charge on any atom is -0.496 e. The molecule has 0 saturated carbocycles. The second-order valence-electron chi connectivity index (χ2n) is 4.76. The maximum atomic E-state index is 12.5. The summed E-state index contributed by atoms with van der Waals surface area (Å²) in [7, 11) is -0.331. The Labute approximate surface area is 124 Å². The van der Waals surface area contributed by atoms with Crippen LogP contribution in [0.4, 0.5) is 0 Å². The van der Waals surface area contributed by atoms with E-state index in [0.717, 1.165) is 5.56 Å². The van der Waals surface area contributed by atoms with Crippen LogP contribution in [0.25, 0.3) is 0 Å². The van der Waals surface area contributed by atoms with Gasteiger partial charge in [0.05, 0.1) is 18.5 Å². The summed E-state index contributed by atoms with van der Waals surface area (Å²) in [5.41, 5.74) is 1.88. The van der Waals surface area contributed by atoms with Gasteiger partial charge in [-0.25, -0.2) is 13.1 Å². The molecule has 21 heavy (non-hydrogen) atoms. The van der Waals surface area contributed by atoms with Gasteiger partial charge >= 0.3 is 0 Å². The summed E-state index contributed by atoms with van der Waals surface area (Å²) in [4.78, 5) is 0.236. The number of nitrogens with one attached hydrogen (secondary N) is 1. The van der Waals surface area contributed by atoms with Gasteiger partial charge in [-0.05, 0) is 19.9 Å². The van der Waals surface area contributed by atoms with Crippen LogP contribution in [0.1, 0.15) is 17.0 Å². The Hall–Kier alpha value is -1.86. The monoisotopic (exact) mass is 309 g/mol. The van der Waals surface area contributed by atoms with E-state index in [1.54, 1.807) is 38.8 Å². The Morgan fingerprint density at radius 2 is 1.95 bits per heavy atom. The van der Waals surface area contributed by atoms with Gasteiger partial charge in [-0.3, -0.25) is 4.68 Å². The summed E-state index contributed by atoms with van der Waals surface area (Å²) in [6, 6.07) is 7.30. The third kappa shape index (κ3) is 3.08. The van der Waals surface area contributed by atoms with Crippen LogP contribution in [-0.4, -0.2) is 25.3 Å². The summed E-state index contributed by atoms with van der Waals surface area (Å²) in [6.45, 7) is 3.59. The molecule has 0 saturated heterocycles. The Kier molecular flexibility index (Phi) is 4.34. The lowest BCUT2D eigenvalue weighted by Gasteiger charge is -2.10. The smallest absolute Gasteiger partial charge is 0.244 e. The average molecular weight is 309 g/mol. The fourth-order valence-electron chi connectivity index (χ4n) is 2.24. The van der Waals surface area contributed by atoms with Crippen LogP contribution in [0.5, 0.6) is 5.75 Å². The normalized spacial score (nSPS) is 11.6. The molecule has 0 fully saturated rings. The molecule has 114 valence electrons. The van der Waals surface area contributed by atoms with Crippen LogP contribution in [0.15, 0.2) is 29.2 Å². The van der Waals surface area contributed by atoms with Crippen molar-refractivity contribution in [3.63, 3.8) is 0 Å². The molecular formula is C14H19N3O3S. The van der Waals surface area contributed by atoms with Crippen LogP contribution in [-0.2, 0) is 23.6 Å². The summed E-state index contributed by atoms with van der Waals surface area (Å²) < 4.78 is 34.3. The van der Waals surface area contributed by atoms with Crippen LogP contribution < -0.4 is 9.46 Å². The zero-order chi connectivity index (χ0) is 15.6.